The van der Waals surface area contributed by atoms with Crippen LogP contribution in [0.3, 0.4) is 0 Å². The lowest BCUT2D eigenvalue weighted by Gasteiger charge is -2.23. The fourth-order valence-corrected chi connectivity index (χ4v) is 3.92. The minimum atomic E-state index is -0.241. The molecule has 88 valence electrons. The standard InChI is InChI=1S/C11H15BrN2OS/c12-10-6-7-8(14-5-4-11(13)15)2-1-3-9(7)16-10/h6,8,14H,1-5H2,(H2,13,15). The molecule has 0 spiro atoms. The van der Waals surface area contributed by atoms with Gasteiger partial charge >= 0.3 is 0 Å². The third-order valence-corrected chi connectivity index (χ3v) is 4.56. The molecule has 3 N–H and O–H groups in total. The van der Waals surface area contributed by atoms with Crippen molar-refractivity contribution in [3.05, 3.63) is 20.3 Å². The number of nitrogens with two attached hydrogens (primary N) is 1. The summed E-state index contributed by atoms with van der Waals surface area (Å²) in [5.74, 6) is -0.241. The minimum Gasteiger partial charge on any atom is -0.370 e. The van der Waals surface area contributed by atoms with Crippen molar-refractivity contribution in [3.8, 4) is 0 Å². The Morgan fingerprint density at radius 1 is 1.69 bits per heavy atom. The Balaban J connectivity index is 1.98. The van der Waals surface area contributed by atoms with Gasteiger partial charge < -0.3 is 11.1 Å². The van der Waals surface area contributed by atoms with E-state index in [1.165, 1.54) is 27.1 Å². The number of fused-ring (bicyclic) bond motifs is 1. The van der Waals surface area contributed by atoms with Gasteiger partial charge in [-0.1, -0.05) is 0 Å². The molecule has 0 bridgehead atoms. The van der Waals surface area contributed by atoms with Gasteiger partial charge in [0.15, 0.2) is 0 Å². The molecule has 0 aliphatic heterocycles. The number of primary amides is 1. The largest absolute Gasteiger partial charge is 0.370 e. The fourth-order valence-electron chi connectivity index (χ4n) is 2.10. The topological polar surface area (TPSA) is 55.1 Å². The van der Waals surface area contributed by atoms with E-state index >= 15 is 0 Å². The van der Waals surface area contributed by atoms with E-state index in [4.69, 9.17) is 5.73 Å². The molecular weight excluding hydrogens is 288 g/mol. The zero-order valence-electron chi connectivity index (χ0n) is 8.96. The van der Waals surface area contributed by atoms with Crippen LogP contribution in [0.25, 0.3) is 0 Å². The highest BCUT2D eigenvalue weighted by atomic mass is 79.9. The first kappa shape index (κ1) is 12.1. The molecule has 1 amide bonds. The Kier molecular flexibility index (Phi) is 4.00. The van der Waals surface area contributed by atoms with E-state index in [2.05, 4.69) is 27.3 Å². The van der Waals surface area contributed by atoms with Crippen LogP contribution in [0.4, 0.5) is 0 Å². The van der Waals surface area contributed by atoms with Crippen molar-refractivity contribution in [1.29, 1.82) is 0 Å². The van der Waals surface area contributed by atoms with Crippen LogP contribution in [0.1, 0.15) is 35.7 Å². The first-order chi connectivity index (χ1) is 7.66. The molecule has 0 aromatic carbocycles. The fraction of sp³-hybridized carbons (Fsp3) is 0.545. The average molecular weight is 303 g/mol. The summed E-state index contributed by atoms with van der Waals surface area (Å²) in [7, 11) is 0. The van der Waals surface area contributed by atoms with E-state index < -0.39 is 0 Å². The lowest BCUT2D eigenvalue weighted by atomic mass is 9.94. The zero-order chi connectivity index (χ0) is 11.5. The Bertz CT molecular complexity index is 391. The minimum absolute atomic E-state index is 0.241. The van der Waals surface area contributed by atoms with Gasteiger partial charge in [-0.3, -0.25) is 4.79 Å². The van der Waals surface area contributed by atoms with Gasteiger partial charge in [0, 0.05) is 23.9 Å². The van der Waals surface area contributed by atoms with Gasteiger partial charge in [-0.25, -0.2) is 0 Å². The highest BCUT2D eigenvalue weighted by molar-refractivity contribution is 9.11. The highest BCUT2D eigenvalue weighted by Gasteiger charge is 2.21. The number of hydrogen-bond acceptors (Lipinski definition) is 3. The van der Waals surface area contributed by atoms with Crippen molar-refractivity contribution in [1.82, 2.24) is 5.32 Å². The Morgan fingerprint density at radius 2 is 2.50 bits per heavy atom. The van der Waals surface area contributed by atoms with Gasteiger partial charge in [-0.05, 0) is 46.8 Å². The summed E-state index contributed by atoms with van der Waals surface area (Å²) < 4.78 is 1.20. The smallest absolute Gasteiger partial charge is 0.218 e. The van der Waals surface area contributed by atoms with Gasteiger partial charge in [0.1, 0.15) is 0 Å². The van der Waals surface area contributed by atoms with Crippen molar-refractivity contribution < 1.29 is 4.79 Å². The van der Waals surface area contributed by atoms with Gasteiger partial charge in [-0.2, -0.15) is 0 Å². The number of carbonyl (C=O) groups excluding carboxylic acids is 1. The number of amides is 1. The first-order valence-corrected chi connectivity index (χ1v) is 7.07. The molecule has 1 unspecified atom stereocenters. The molecule has 0 saturated carbocycles. The average Bonchev–Trinajstić information content (AvgIpc) is 2.58. The Hall–Kier alpha value is -0.390. The number of carbonyl (C=O) groups is 1. The third-order valence-electron chi connectivity index (χ3n) is 2.85. The van der Waals surface area contributed by atoms with Crippen LogP contribution in [0.15, 0.2) is 9.85 Å². The summed E-state index contributed by atoms with van der Waals surface area (Å²) >= 11 is 5.35. The van der Waals surface area contributed by atoms with Crippen LogP contribution in [0.5, 0.6) is 0 Å². The van der Waals surface area contributed by atoms with Crippen LogP contribution >= 0.6 is 27.3 Å². The number of halogens is 1. The number of hydrogen-bond donors (Lipinski definition) is 2. The van der Waals surface area contributed by atoms with Crippen LogP contribution in [-0.2, 0) is 11.2 Å². The molecule has 2 rings (SSSR count). The lowest BCUT2D eigenvalue weighted by Crippen LogP contribution is -2.28. The number of nitrogens with one attached hydrogen (secondary N) is 1. The van der Waals surface area contributed by atoms with Crippen molar-refractivity contribution in [2.75, 3.05) is 6.54 Å². The van der Waals surface area contributed by atoms with Crippen molar-refractivity contribution >= 4 is 33.2 Å². The van der Waals surface area contributed by atoms with E-state index in [1.54, 1.807) is 0 Å². The van der Waals surface area contributed by atoms with E-state index in [-0.39, 0.29) is 5.91 Å². The molecule has 1 heterocycles. The van der Waals surface area contributed by atoms with E-state index in [9.17, 15) is 4.79 Å². The van der Waals surface area contributed by atoms with E-state index in [0.717, 1.165) is 6.42 Å². The molecule has 0 fully saturated rings. The summed E-state index contributed by atoms with van der Waals surface area (Å²) in [6, 6.07) is 2.59. The van der Waals surface area contributed by atoms with E-state index in [1.807, 2.05) is 11.3 Å². The molecule has 16 heavy (non-hydrogen) atoms. The molecule has 0 saturated heterocycles. The van der Waals surface area contributed by atoms with Crippen LogP contribution in [-0.4, -0.2) is 12.5 Å². The molecule has 1 aromatic rings. The van der Waals surface area contributed by atoms with Crippen LogP contribution in [0.2, 0.25) is 0 Å². The molecule has 3 nitrogen and oxygen atoms in total. The molecular formula is C11H15BrN2OS. The highest BCUT2D eigenvalue weighted by Crippen LogP contribution is 2.37. The summed E-state index contributed by atoms with van der Waals surface area (Å²) in [4.78, 5) is 12.1. The van der Waals surface area contributed by atoms with Crippen LogP contribution < -0.4 is 11.1 Å². The zero-order valence-corrected chi connectivity index (χ0v) is 11.4. The Morgan fingerprint density at radius 3 is 3.25 bits per heavy atom. The quantitative estimate of drug-likeness (QED) is 0.897. The molecule has 5 heteroatoms. The molecule has 1 aliphatic rings. The lowest BCUT2D eigenvalue weighted by molar-refractivity contribution is -0.117. The molecule has 1 atom stereocenters. The monoisotopic (exact) mass is 302 g/mol. The number of aryl methyl sites for hydroxylation is 1. The van der Waals surface area contributed by atoms with Crippen molar-refractivity contribution in [3.63, 3.8) is 0 Å². The van der Waals surface area contributed by atoms with Gasteiger partial charge in [-0.15, -0.1) is 11.3 Å². The summed E-state index contributed by atoms with van der Waals surface area (Å²) in [6.07, 6.45) is 3.96. The van der Waals surface area contributed by atoms with Crippen molar-refractivity contribution in [2.45, 2.75) is 31.7 Å². The summed E-state index contributed by atoms with van der Waals surface area (Å²) in [5, 5.41) is 3.41. The first-order valence-electron chi connectivity index (χ1n) is 5.46. The number of thiophene rings is 1. The molecule has 1 aliphatic carbocycles. The summed E-state index contributed by atoms with van der Waals surface area (Å²) in [5.41, 5.74) is 6.52. The maximum absolute atomic E-state index is 10.7. The summed E-state index contributed by atoms with van der Waals surface area (Å²) in [6.45, 7) is 0.674. The predicted molar refractivity (Wildman–Crippen MR) is 69.5 cm³/mol. The maximum atomic E-state index is 10.7. The molecule has 1 aromatic heterocycles. The third kappa shape index (κ3) is 2.84. The number of rotatable bonds is 4. The van der Waals surface area contributed by atoms with Crippen molar-refractivity contribution in [2.24, 2.45) is 5.73 Å². The molecule has 0 radical (unpaired) electrons. The SMILES string of the molecule is NC(=O)CCNC1CCCc2sc(Br)cc21. The van der Waals surface area contributed by atoms with Gasteiger partial charge in [0.2, 0.25) is 5.91 Å². The maximum Gasteiger partial charge on any atom is 0.218 e. The Labute approximate surface area is 108 Å². The predicted octanol–water partition coefficient (Wildman–Crippen LogP) is 2.35. The normalized spacial score (nSPS) is 19.4. The second-order valence-electron chi connectivity index (χ2n) is 4.04. The van der Waals surface area contributed by atoms with E-state index in [0.29, 0.717) is 19.0 Å². The second-order valence-corrected chi connectivity index (χ2v) is 6.56. The second kappa shape index (κ2) is 5.29. The van der Waals surface area contributed by atoms with Gasteiger partial charge in [0.05, 0.1) is 3.79 Å². The van der Waals surface area contributed by atoms with Gasteiger partial charge in [0.25, 0.3) is 0 Å². The van der Waals surface area contributed by atoms with Crippen LogP contribution in [0, 0.1) is 0 Å².